The molecule has 78 valence electrons. The van der Waals surface area contributed by atoms with Gasteiger partial charge in [0.2, 0.25) is 0 Å². The van der Waals surface area contributed by atoms with Gasteiger partial charge in [0, 0.05) is 30.6 Å². The van der Waals surface area contributed by atoms with Crippen LogP contribution >= 0.6 is 11.3 Å². The first-order valence-corrected chi connectivity index (χ1v) is 6.16. The first-order valence-electron chi connectivity index (χ1n) is 5.28. The van der Waals surface area contributed by atoms with Gasteiger partial charge in [0.1, 0.15) is 0 Å². The van der Waals surface area contributed by atoms with Crippen molar-refractivity contribution in [3.8, 4) is 0 Å². The zero-order valence-corrected chi connectivity index (χ0v) is 9.73. The van der Waals surface area contributed by atoms with E-state index in [2.05, 4.69) is 28.6 Å². The van der Waals surface area contributed by atoms with Crippen LogP contribution in [0.5, 0.6) is 0 Å². The Labute approximate surface area is 89.9 Å². The maximum Gasteiger partial charge on any atom is 0.0331 e. The molecule has 2 rings (SSSR count). The second-order valence-electron chi connectivity index (χ2n) is 3.86. The minimum atomic E-state index is 0.610. The molecule has 0 spiro atoms. The lowest BCUT2D eigenvalue weighted by Gasteiger charge is -2.33. The summed E-state index contributed by atoms with van der Waals surface area (Å²) in [7, 11) is 2.02. The molecule has 1 N–H and O–H groups in total. The van der Waals surface area contributed by atoms with E-state index in [1.165, 1.54) is 13.0 Å². The summed E-state index contributed by atoms with van der Waals surface area (Å²) in [6, 6.07) is 2.90. The molecule has 2 heterocycles. The van der Waals surface area contributed by atoms with Gasteiger partial charge in [-0.2, -0.15) is 0 Å². The highest BCUT2D eigenvalue weighted by atomic mass is 32.1. The zero-order chi connectivity index (χ0) is 9.97. The zero-order valence-electron chi connectivity index (χ0n) is 8.92. The molecule has 0 amide bonds. The van der Waals surface area contributed by atoms with Crippen LogP contribution in [-0.2, 0) is 6.42 Å². The SMILES string of the molecule is CNCCN1CCc2sccc2C1C. The van der Waals surface area contributed by atoms with Crippen molar-refractivity contribution in [2.45, 2.75) is 19.4 Å². The van der Waals surface area contributed by atoms with Gasteiger partial charge in [-0.25, -0.2) is 0 Å². The first-order chi connectivity index (χ1) is 6.83. The molecule has 1 aliphatic rings. The van der Waals surface area contributed by atoms with E-state index in [0.29, 0.717) is 6.04 Å². The van der Waals surface area contributed by atoms with E-state index in [0.717, 1.165) is 13.1 Å². The van der Waals surface area contributed by atoms with E-state index < -0.39 is 0 Å². The maximum atomic E-state index is 3.21. The Hall–Kier alpha value is -0.380. The fourth-order valence-electron chi connectivity index (χ4n) is 2.12. The molecule has 0 aromatic carbocycles. The summed E-state index contributed by atoms with van der Waals surface area (Å²) in [6.07, 6.45) is 1.24. The van der Waals surface area contributed by atoms with E-state index in [-0.39, 0.29) is 0 Å². The van der Waals surface area contributed by atoms with Crippen molar-refractivity contribution >= 4 is 11.3 Å². The highest BCUT2D eigenvalue weighted by Gasteiger charge is 2.23. The number of rotatable bonds is 3. The van der Waals surface area contributed by atoms with E-state index in [1.54, 1.807) is 10.4 Å². The molecular formula is C11H18N2S. The van der Waals surface area contributed by atoms with Crippen LogP contribution in [0.2, 0.25) is 0 Å². The van der Waals surface area contributed by atoms with Crippen LogP contribution in [0, 0.1) is 0 Å². The Kier molecular flexibility index (Phi) is 3.21. The summed E-state index contributed by atoms with van der Waals surface area (Å²) < 4.78 is 0. The summed E-state index contributed by atoms with van der Waals surface area (Å²) in [6.45, 7) is 5.79. The quantitative estimate of drug-likeness (QED) is 0.819. The van der Waals surface area contributed by atoms with Gasteiger partial charge in [-0.05, 0) is 37.4 Å². The molecule has 14 heavy (non-hydrogen) atoms. The minimum absolute atomic E-state index is 0.610. The Morgan fingerprint density at radius 1 is 1.64 bits per heavy atom. The maximum absolute atomic E-state index is 3.21. The van der Waals surface area contributed by atoms with Crippen molar-refractivity contribution in [3.63, 3.8) is 0 Å². The molecular weight excluding hydrogens is 192 g/mol. The van der Waals surface area contributed by atoms with Crippen molar-refractivity contribution in [2.75, 3.05) is 26.7 Å². The molecule has 1 aromatic rings. The third kappa shape index (κ3) is 1.85. The molecule has 2 nitrogen and oxygen atoms in total. The molecule has 0 aliphatic carbocycles. The molecule has 0 fully saturated rings. The summed E-state index contributed by atoms with van der Waals surface area (Å²) in [5.74, 6) is 0. The average Bonchev–Trinajstić information content (AvgIpc) is 2.66. The molecule has 0 bridgehead atoms. The Morgan fingerprint density at radius 2 is 2.50 bits per heavy atom. The number of hydrogen-bond donors (Lipinski definition) is 1. The van der Waals surface area contributed by atoms with E-state index in [4.69, 9.17) is 0 Å². The molecule has 1 aliphatic heterocycles. The molecule has 1 aromatic heterocycles. The largest absolute Gasteiger partial charge is 0.318 e. The molecule has 1 atom stereocenters. The summed E-state index contributed by atoms with van der Waals surface area (Å²) >= 11 is 1.91. The first kappa shape index (κ1) is 10.1. The van der Waals surface area contributed by atoms with Crippen molar-refractivity contribution in [1.29, 1.82) is 0 Å². The van der Waals surface area contributed by atoms with Crippen molar-refractivity contribution in [2.24, 2.45) is 0 Å². The fourth-order valence-corrected chi connectivity index (χ4v) is 3.09. The van der Waals surface area contributed by atoms with Crippen LogP contribution < -0.4 is 5.32 Å². The average molecular weight is 210 g/mol. The Bertz CT molecular complexity index is 295. The topological polar surface area (TPSA) is 15.3 Å². The van der Waals surface area contributed by atoms with Gasteiger partial charge in [0.05, 0.1) is 0 Å². The van der Waals surface area contributed by atoms with Crippen LogP contribution in [0.4, 0.5) is 0 Å². The van der Waals surface area contributed by atoms with Crippen molar-refractivity contribution in [3.05, 3.63) is 21.9 Å². The second kappa shape index (κ2) is 4.43. The van der Waals surface area contributed by atoms with Gasteiger partial charge in [-0.3, -0.25) is 4.90 Å². The Balaban J connectivity index is 2.05. The van der Waals surface area contributed by atoms with Gasteiger partial charge in [-0.1, -0.05) is 0 Å². The third-order valence-electron chi connectivity index (χ3n) is 3.05. The lowest BCUT2D eigenvalue weighted by atomic mass is 10.0. The smallest absolute Gasteiger partial charge is 0.0331 e. The van der Waals surface area contributed by atoms with Crippen LogP contribution in [0.15, 0.2) is 11.4 Å². The minimum Gasteiger partial charge on any atom is -0.318 e. The molecule has 0 radical (unpaired) electrons. The number of nitrogens with one attached hydrogen (secondary N) is 1. The number of hydrogen-bond acceptors (Lipinski definition) is 3. The van der Waals surface area contributed by atoms with Crippen LogP contribution in [0.25, 0.3) is 0 Å². The van der Waals surface area contributed by atoms with Crippen molar-refractivity contribution in [1.82, 2.24) is 10.2 Å². The van der Waals surface area contributed by atoms with Gasteiger partial charge < -0.3 is 5.32 Å². The number of fused-ring (bicyclic) bond motifs is 1. The molecule has 3 heteroatoms. The fraction of sp³-hybridized carbons (Fsp3) is 0.636. The Morgan fingerprint density at radius 3 is 3.29 bits per heavy atom. The highest BCUT2D eigenvalue weighted by molar-refractivity contribution is 7.10. The van der Waals surface area contributed by atoms with Gasteiger partial charge in [-0.15, -0.1) is 11.3 Å². The van der Waals surface area contributed by atoms with Gasteiger partial charge in [0.25, 0.3) is 0 Å². The lowest BCUT2D eigenvalue weighted by Crippen LogP contribution is -2.37. The second-order valence-corrected chi connectivity index (χ2v) is 4.87. The normalized spacial score (nSPS) is 22.3. The van der Waals surface area contributed by atoms with Gasteiger partial charge in [0.15, 0.2) is 0 Å². The van der Waals surface area contributed by atoms with Crippen LogP contribution in [0.1, 0.15) is 23.4 Å². The van der Waals surface area contributed by atoms with Crippen LogP contribution in [-0.4, -0.2) is 31.6 Å². The lowest BCUT2D eigenvalue weighted by molar-refractivity contribution is 0.202. The number of nitrogens with zero attached hydrogens (tertiary/aromatic N) is 1. The summed E-state index contributed by atoms with van der Waals surface area (Å²) in [5.41, 5.74) is 1.55. The third-order valence-corrected chi connectivity index (χ3v) is 4.05. The van der Waals surface area contributed by atoms with Crippen molar-refractivity contribution < 1.29 is 0 Å². The summed E-state index contributed by atoms with van der Waals surface area (Å²) in [4.78, 5) is 4.16. The van der Waals surface area contributed by atoms with E-state index in [9.17, 15) is 0 Å². The van der Waals surface area contributed by atoms with Crippen LogP contribution in [0.3, 0.4) is 0 Å². The molecule has 1 unspecified atom stereocenters. The predicted molar refractivity (Wildman–Crippen MR) is 61.9 cm³/mol. The molecule has 0 saturated heterocycles. The highest BCUT2D eigenvalue weighted by Crippen LogP contribution is 2.32. The summed E-state index contributed by atoms with van der Waals surface area (Å²) in [5, 5.41) is 5.44. The van der Waals surface area contributed by atoms with E-state index >= 15 is 0 Å². The number of likely N-dealkylation sites (N-methyl/N-ethyl adjacent to an activating group) is 1. The van der Waals surface area contributed by atoms with E-state index in [1.807, 2.05) is 18.4 Å². The predicted octanol–water partition coefficient (Wildman–Crippen LogP) is 1.89. The number of thiophene rings is 1. The monoisotopic (exact) mass is 210 g/mol. The standard InChI is InChI=1S/C11H18N2S/c1-9-10-4-8-14-11(10)3-6-13(9)7-5-12-2/h4,8-9,12H,3,5-7H2,1-2H3. The van der Waals surface area contributed by atoms with Gasteiger partial charge >= 0.3 is 0 Å². The molecule has 0 saturated carbocycles.